The lowest BCUT2D eigenvalue weighted by Gasteiger charge is -2.31. The molecule has 0 bridgehead atoms. The van der Waals surface area contributed by atoms with E-state index in [2.05, 4.69) is 0 Å². The van der Waals surface area contributed by atoms with E-state index in [0.717, 1.165) is 12.1 Å². The molecule has 1 aliphatic heterocycles. The van der Waals surface area contributed by atoms with E-state index >= 15 is 0 Å². The molecule has 1 saturated heterocycles. The molecule has 0 radical (unpaired) electrons. The maximum absolute atomic E-state index is 12.3. The average Bonchev–Trinajstić information content (AvgIpc) is 2.39. The zero-order valence-electron chi connectivity index (χ0n) is 10.4. The Morgan fingerprint density at radius 1 is 1.39 bits per heavy atom. The van der Waals surface area contributed by atoms with Gasteiger partial charge < -0.3 is 4.90 Å². The van der Waals surface area contributed by atoms with Crippen LogP contribution in [0.1, 0.15) is 26.2 Å². The third-order valence-corrected chi connectivity index (χ3v) is 3.57. The summed E-state index contributed by atoms with van der Waals surface area (Å²) in [5.41, 5.74) is 0.818. The van der Waals surface area contributed by atoms with Crippen molar-refractivity contribution in [2.24, 2.45) is 5.92 Å². The van der Waals surface area contributed by atoms with Gasteiger partial charge in [-0.25, -0.2) is 0 Å². The maximum atomic E-state index is 12.3. The first kappa shape index (κ1) is 13.1. The van der Waals surface area contributed by atoms with Gasteiger partial charge in [-0.1, -0.05) is 18.5 Å². The highest BCUT2D eigenvalue weighted by Gasteiger charge is 2.33. The molecular weight excluding hydrogens is 250 g/mol. The van der Waals surface area contributed by atoms with E-state index in [4.69, 9.17) is 11.6 Å². The van der Waals surface area contributed by atoms with Crippen molar-refractivity contribution in [1.29, 1.82) is 0 Å². The van der Waals surface area contributed by atoms with Crippen molar-refractivity contribution in [1.82, 2.24) is 0 Å². The van der Waals surface area contributed by atoms with Crippen LogP contribution in [-0.2, 0) is 9.59 Å². The van der Waals surface area contributed by atoms with Gasteiger partial charge in [-0.05, 0) is 37.1 Å². The fraction of sp³-hybridized carbons (Fsp3) is 0.429. The molecule has 18 heavy (non-hydrogen) atoms. The summed E-state index contributed by atoms with van der Waals surface area (Å²) < 4.78 is 0. The lowest BCUT2D eigenvalue weighted by Crippen LogP contribution is -2.44. The van der Waals surface area contributed by atoms with Crippen molar-refractivity contribution in [2.45, 2.75) is 26.2 Å². The monoisotopic (exact) mass is 265 g/mol. The minimum absolute atomic E-state index is 0.0404. The van der Waals surface area contributed by atoms with Crippen molar-refractivity contribution in [3.8, 4) is 0 Å². The Morgan fingerprint density at radius 2 is 2.06 bits per heavy atom. The quantitative estimate of drug-likeness (QED) is 0.788. The number of anilines is 1. The molecule has 0 N–H and O–H groups in total. The highest BCUT2D eigenvalue weighted by molar-refractivity contribution is 6.30. The van der Waals surface area contributed by atoms with Crippen LogP contribution in [0.2, 0.25) is 5.02 Å². The third-order valence-electron chi connectivity index (χ3n) is 3.31. The summed E-state index contributed by atoms with van der Waals surface area (Å²) in [4.78, 5) is 25.7. The van der Waals surface area contributed by atoms with E-state index < -0.39 is 5.92 Å². The predicted octanol–water partition coefficient (Wildman–Crippen LogP) is 3.06. The molecule has 0 saturated carbocycles. The van der Waals surface area contributed by atoms with Gasteiger partial charge in [0.2, 0.25) is 5.91 Å². The number of benzene rings is 1. The molecule has 0 aliphatic carbocycles. The van der Waals surface area contributed by atoms with Gasteiger partial charge in [-0.15, -0.1) is 0 Å². The van der Waals surface area contributed by atoms with Crippen LogP contribution in [0.3, 0.4) is 0 Å². The van der Waals surface area contributed by atoms with Crippen molar-refractivity contribution in [2.75, 3.05) is 11.4 Å². The number of piperidine rings is 1. The molecule has 0 spiro atoms. The van der Waals surface area contributed by atoms with Crippen molar-refractivity contribution in [3.63, 3.8) is 0 Å². The second kappa shape index (κ2) is 5.53. The largest absolute Gasteiger partial charge is 0.312 e. The summed E-state index contributed by atoms with van der Waals surface area (Å²) in [6.45, 7) is 2.48. The van der Waals surface area contributed by atoms with Crippen LogP contribution >= 0.6 is 11.6 Å². The molecule has 1 unspecified atom stereocenters. The highest BCUT2D eigenvalue weighted by Crippen LogP contribution is 2.26. The zero-order chi connectivity index (χ0) is 13.1. The van der Waals surface area contributed by atoms with Crippen LogP contribution in [0.15, 0.2) is 24.3 Å². The Labute approximate surface area is 112 Å². The first-order valence-electron chi connectivity index (χ1n) is 6.23. The van der Waals surface area contributed by atoms with E-state index in [1.165, 1.54) is 0 Å². The van der Waals surface area contributed by atoms with Crippen molar-refractivity contribution < 1.29 is 9.59 Å². The van der Waals surface area contributed by atoms with E-state index in [0.29, 0.717) is 24.4 Å². The number of nitrogens with zero attached hydrogens (tertiary/aromatic N) is 1. The summed E-state index contributed by atoms with van der Waals surface area (Å²) in [6, 6.07) is 7.16. The Hall–Kier alpha value is -1.35. The molecule has 4 heteroatoms. The molecule has 1 fully saturated rings. The van der Waals surface area contributed by atoms with E-state index in [1.54, 1.807) is 24.0 Å². The van der Waals surface area contributed by atoms with E-state index in [9.17, 15) is 9.59 Å². The summed E-state index contributed by atoms with van der Waals surface area (Å²) in [5.74, 6) is -0.492. The molecule has 0 aromatic heterocycles. The Bertz CT molecular complexity index is 455. The first-order valence-corrected chi connectivity index (χ1v) is 6.61. The van der Waals surface area contributed by atoms with Gasteiger partial charge in [-0.3, -0.25) is 9.59 Å². The van der Waals surface area contributed by atoms with Gasteiger partial charge in [0.1, 0.15) is 5.78 Å². The standard InChI is InChI=1S/C14H16ClNO2/c1-2-13(17)12-4-3-9-16(14(12)18)11-7-5-10(15)6-8-11/h5-8,12H,2-4,9H2,1H3. The van der Waals surface area contributed by atoms with Gasteiger partial charge >= 0.3 is 0 Å². The van der Waals surface area contributed by atoms with Crippen LogP contribution in [0.4, 0.5) is 5.69 Å². The van der Waals surface area contributed by atoms with Crippen molar-refractivity contribution in [3.05, 3.63) is 29.3 Å². The van der Waals surface area contributed by atoms with Gasteiger partial charge in [-0.2, -0.15) is 0 Å². The fourth-order valence-corrected chi connectivity index (χ4v) is 2.42. The molecule has 3 nitrogen and oxygen atoms in total. The van der Waals surface area contributed by atoms with Crippen LogP contribution in [0.5, 0.6) is 0 Å². The second-order valence-corrected chi connectivity index (χ2v) is 4.92. The van der Waals surface area contributed by atoms with E-state index in [1.807, 2.05) is 12.1 Å². The number of amides is 1. The minimum Gasteiger partial charge on any atom is -0.312 e. The Kier molecular flexibility index (Phi) is 4.02. The molecule has 1 aromatic carbocycles. The molecular formula is C14H16ClNO2. The van der Waals surface area contributed by atoms with Crippen LogP contribution in [-0.4, -0.2) is 18.2 Å². The maximum Gasteiger partial charge on any atom is 0.237 e. The topological polar surface area (TPSA) is 37.4 Å². The first-order chi connectivity index (χ1) is 8.63. The Balaban J connectivity index is 2.21. The van der Waals surface area contributed by atoms with Gasteiger partial charge in [0.25, 0.3) is 0 Å². The summed E-state index contributed by atoms with van der Waals surface area (Å²) in [6.07, 6.45) is 1.96. The van der Waals surface area contributed by atoms with E-state index in [-0.39, 0.29) is 11.7 Å². The second-order valence-electron chi connectivity index (χ2n) is 4.48. The molecule has 1 heterocycles. The van der Waals surface area contributed by atoms with Crippen LogP contribution < -0.4 is 4.90 Å². The smallest absolute Gasteiger partial charge is 0.237 e. The number of rotatable bonds is 3. The number of halogens is 1. The SMILES string of the molecule is CCC(=O)C1CCCN(c2ccc(Cl)cc2)C1=O. The lowest BCUT2D eigenvalue weighted by atomic mass is 9.91. The number of hydrogen-bond acceptors (Lipinski definition) is 2. The number of carbonyl (C=O) groups excluding carboxylic acids is 2. The number of carbonyl (C=O) groups is 2. The Morgan fingerprint density at radius 3 is 2.67 bits per heavy atom. The summed E-state index contributed by atoms with van der Waals surface area (Å²) in [7, 11) is 0. The van der Waals surface area contributed by atoms with Crippen molar-refractivity contribution >= 4 is 29.0 Å². The summed E-state index contributed by atoms with van der Waals surface area (Å²) >= 11 is 5.83. The molecule has 96 valence electrons. The molecule has 2 rings (SSSR count). The number of ketones is 1. The van der Waals surface area contributed by atoms with Gasteiger partial charge in [0.15, 0.2) is 0 Å². The highest BCUT2D eigenvalue weighted by atomic mass is 35.5. The molecule has 1 aliphatic rings. The van der Waals surface area contributed by atoms with Crippen LogP contribution in [0.25, 0.3) is 0 Å². The van der Waals surface area contributed by atoms with Gasteiger partial charge in [0, 0.05) is 23.7 Å². The molecule has 1 atom stereocenters. The predicted molar refractivity (Wildman–Crippen MR) is 71.8 cm³/mol. The average molecular weight is 266 g/mol. The zero-order valence-corrected chi connectivity index (χ0v) is 11.1. The summed E-state index contributed by atoms with van der Waals surface area (Å²) in [5, 5.41) is 0.643. The normalized spacial score (nSPS) is 20.0. The van der Waals surface area contributed by atoms with Crippen LogP contribution in [0, 0.1) is 5.92 Å². The fourth-order valence-electron chi connectivity index (χ4n) is 2.30. The number of hydrogen-bond donors (Lipinski definition) is 0. The van der Waals surface area contributed by atoms with Gasteiger partial charge in [0.05, 0.1) is 5.92 Å². The minimum atomic E-state index is -0.459. The lowest BCUT2D eigenvalue weighted by molar-refractivity contribution is -0.133. The number of Topliss-reactive ketones (excluding diaryl/α,β-unsaturated/α-hetero) is 1. The molecule has 1 amide bonds. The third kappa shape index (κ3) is 2.56. The molecule has 1 aromatic rings.